The highest BCUT2D eigenvalue weighted by Crippen LogP contribution is 2.35. The number of halogens is 1. The van der Waals surface area contributed by atoms with E-state index in [4.69, 9.17) is 16.0 Å². The van der Waals surface area contributed by atoms with Gasteiger partial charge in [0.05, 0.1) is 5.60 Å². The predicted octanol–water partition coefficient (Wildman–Crippen LogP) is 2.25. The van der Waals surface area contributed by atoms with E-state index < -0.39 is 9.76 Å². The molecule has 1 saturated carbocycles. The summed E-state index contributed by atoms with van der Waals surface area (Å²) in [6, 6.07) is 0. The van der Waals surface area contributed by atoms with Gasteiger partial charge in [0.2, 0.25) is 0 Å². The van der Waals surface area contributed by atoms with Crippen molar-refractivity contribution in [2.45, 2.75) is 45.1 Å². The maximum absolute atomic E-state index is 5.94. The van der Waals surface area contributed by atoms with Crippen LogP contribution in [-0.2, 0) is 4.43 Å². The standard InChI is InChI=1S/C9H19ClOSi/c1-8-5-3-4-6-9(8,2)11-12-7-10/h8H,3-7,12H2,1-2H3. The van der Waals surface area contributed by atoms with Gasteiger partial charge in [-0.05, 0) is 25.7 Å². The Kier molecular flexibility index (Phi) is 4.07. The highest BCUT2D eigenvalue weighted by atomic mass is 35.5. The van der Waals surface area contributed by atoms with Crippen LogP contribution < -0.4 is 0 Å². The van der Waals surface area contributed by atoms with Crippen molar-refractivity contribution >= 4 is 21.4 Å². The van der Waals surface area contributed by atoms with Crippen molar-refractivity contribution in [3.8, 4) is 0 Å². The molecule has 0 heterocycles. The van der Waals surface area contributed by atoms with Crippen LogP contribution in [-0.4, -0.2) is 20.9 Å². The molecule has 0 aromatic heterocycles. The second-order valence-corrected chi connectivity index (χ2v) is 6.21. The fourth-order valence-corrected chi connectivity index (χ4v) is 3.17. The fourth-order valence-electron chi connectivity index (χ4n) is 1.96. The smallest absolute Gasteiger partial charge is 0.176 e. The van der Waals surface area contributed by atoms with Gasteiger partial charge in [0.1, 0.15) is 0 Å². The van der Waals surface area contributed by atoms with Crippen LogP contribution in [0.5, 0.6) is 0 Å². The molecule has 1 nitrogen and oxygen atoms in total. The van der Waals surface area contributed by atoms with Crippen molar-refractivity contribution in [3.63, 3.8) is 0 Å². The highest BCUT2D eigenvalue weighted by molar-refractivity contribution is 6.45. The number of hydrogen-bond acceptors (Lipinski definition) is 1. The Hall–Kier alpha value is 0.467. The van der Waals surface area contributed by atoms with E-state index in [1.165, 1.54) is 25.7 Å². The molecule has 1 aliphatic rings. The van der Waals surface area contributed by atoms with Crippen LogP contribution in [0.4, 0.5) is 0 Å². The topological polar surface area (TPSA) is 9.23 Å². The van der Waals surface area contributed by atoms with Crippen molar-refractivity contribution in [1.29, 1.82) is 0 Å². The minimum atomic E-state index is -0.446. The van der Waals surface area contributed by atoms with Gasteiger partial charge in [-0.15, -0.1) is 11.6 Å². The average Bonchev–Trinajstić information content (AvgIpc) is 2.07. The van der Waals surface area contributed by atoms with Crippen molar-refractivity contribution in [1.82, 2.24) is 0 Å². The van der Waals surface area contributed by atoms with Crippen molar-refractivity contribution in [2.75, 3.05) is 5.50 Å². The molecular weight excluding hydrogens is 188 g/mol. The van der Waals surface area contributed by atoms with Gasteiger partial charge in [-0.2, -0.15) is 0 Å². The molecule has 72 valence electrons. The summed E-state index contributed by atoms with van der Waals surface area (Å²) in [5.74, 6) is 0.724. The van der Waals surface area contributed by atoms with Gasteiger partial charge in [0, 0.05) is 5.50 Å². The van der Waals surface area contributed by atoms with Crippen LogP contribution in [0.2, 0.25) is 0 Å². The molecule has 1 rings (SSSR count). The summed E-state index contributed by atoms with van der Waals surface area (Å²) in [7, 11) is -0.446. The minimum absolute atomic E-state index is 0.166. The summed E-state index contributed by atoms with van der Waals surface area (Å²) in [4.78, 5) is 0. The molecule has 0 aromatic carbocycles. The zero-order valence-electron chi connectivity index (χ0n) is 8.11. The molecule has 1 aliphatic carbocycles. The molecular formula is C9H19ClOSi. The van der Waals surface area contributed by atoms with Crippen LogP contribution in [0.3, 0.4) is 0 Å². The van der Waals surface area contributed by atoms with Gasteiger partial charge in [-0.1, -0.05) is 19.8 Å². The Morgan fingerprint density at radius 2 is 2.33 bits per heavy atom. The molecule has 2 atom stereocenters. The van der Waals surface area contributed by atoms with E-state index in [1.807, 2.05) is 0 Å². The number of hydrogen-bond donors (Lipinski definition) is 0. The van der Waals surface area contributed by atoms with Gasteiger partial charge >= 0.3 is 0 Å². The fraction of sp³-hybridized carbons (Fsp3) is 1.00. The molecule has 0 saturated heterocycles. The third-order valence-electron chi connectivity index (χ3n) is 3.11. The summed E-state index contributed by atoms with van der Waals surface area (Å²) < 4.78 is 5.94. The molecule has 2 unspecified atom stereocenters. The summed E-state index contributed by atoms with van der Waals surface area (Å²) >= 11 is 5.67. The molecule has 0 spiro atoms. The Morgan fingerprint density at radius 3 is 2.92 bits per heavy atom. The number of alkyl halides is 1. The van der Waals surface area contributed by atoms with Gasteiger partial charge in [0.15, 0.2) is 9.76 Å². The first kappa shape index (κ1) is 10.5. The Labute approximate surface area is 82.8 Å². The maximum atomic E-state index is 5.94. The minimum Gasteiger partial charge on any atom is -0.417 e. The van der Waals surface area contributed by atoms with Crippen LogP contribution in [0.1, 0.15) is 39.5 Å². The zero-order chi connectivity index (χ0) is 9.03. The lowest BCUT2D eigenvalue weighted by Gasteiger charge is -2.40. The normalized spacial score (nSPS) is 37.8. The molecule has 1 fully saturated rings. The summed E-state index contributed by atoms with van der Waals surface area (Å²) in [6.45, 7) is 4.57. The second-order valence-electron chi connectivity index (χ2n) is 4.00. The quantitative estimate of drug-likeness (QED) is 0.509. The van der Waals surface area contributed by atoms with Gasteiger partial charge in [-0.25, -0.2) is 0 Å². The lowest BCUT2D eigenvalue weighted by atomic mass is 9.78. The molecule has 0 N–H and O–H groups in total. The second kappa shape index (κ2) is 4.63. The zero-order valence-corrected chi connectivity index (χ0v) is 10.3. The number of rotatable bonds is 3. The molecule has 0 aliphatic heterocycles. The highest BCUT2D eigenvalue weighted by Gasteiger charge is 2.33. The molecule has 12 heavy (non-hydrogen) atoms. The van der Waals surface area contributed by atoms with E-state index in [9.17, 15) is 0 Å². The van der Waals surface area contributed by atoms with Crippen LogP contribution in [0, 0.1) is 5.92 Å². The Balaban J connectivity index is 2.42. The summed E-state index contributed by atoms with van der Waals surface area (Å²) in [5, 5.41) is 0. The van der Waals surface area contributed by atoms with E-state index in [1.54, 1.807) is 0 Å². The summed E-state index contributed by atoms with van der Waals surface area (Å²) in [5.41, 5.74) is 0.918. The van der Waals surface area contributed by atoms with Crippen molar-refractivity contribution < 1.29 is 4.43 Å². The monoisotopic (exact) mass is 206 g/mol. The third kappa shape index (κ3) is 2.48. The van der Waals surface area contributed by atoms with Gasteiger partial charge < -0.3 is 4.43 Å². The van der Waals surface area contributed by atoms with Crippen molar-refractivity contribution in [3.05, 3.63) is 0 Å². The maximum Gasteiger partial charge on any atom is 0.176 e. The van der Waals surface area contributed by atoms with Crippen LogP contribution in [0.25, 0.3) is 0 Å². The van der Waals surface area contributed by atoms with Crippen LogP contribution in [0.15, 0.2) is 0 Å². The molecule has 0 radical (unpaired) electrons. The Morgan fingerprint density at radius 1 is 1.58 bits per heavy atom. The van der Waals surface area contributed by atoms with E-state index in [0.29, 0.717) is 0 Å². The first-order valence-electron chi connectivity index (χ1n) is 4.89. The van der Waals surface area contributed by atoms with E-state index in [0.717, 1.165) is 11.4 Å². The van der Waals surface area contributed by atoms with E-state index >= 15 is 0 Å². The lowest BCUT2D eigenvalue weighted by Crippen LogP contribution is -2.40. The predicted molar refractivity (Wildman–Crippen MR) is 56.4 cm³/mol. The summed E-state index contributed by atoms with van der Waals surface area (Å²) in [6.07, 6.45) is 5.27. The first-order valence-corrected chi connectivity index (χ1v) is 7.00. The van der Waals surface area contributed by atoms with E-state index in [2.05, 4.69) is 13.8 Å². The lowest BCUT2D eigenvalue weighted by molar-refractivity contribution is 0.00353. The molecule has 0 amide bonds. The SMILES string of the molecule is CC1CCCCC1(C)O[SiH2]CCl. The first-order chi connectivity index (χ1) is 5.69. The van der Waals surface area contributed by atoms with Gasteiger partial charge in [0.25, 0.3) is 0 Å². The molecule has 0 aromatic rings. The van der Waals surface area contributed by atoms with E-state index in [-0.39, 0.29) is 5.60 Å². The third-order valence-corrected chi connectivity index (χ3v) is 4.59. The molecule has 3 heteroatoms. The molecule has 0 bridgehead atoms. The van der Waals surface area contributed by atoms with Crippen LogP contribution >= 0.6 is 11.6 Å². The Bertz CT molecular complexity index is 142. The largest absolute Gasteiger partial charge is 0.417 e. The van der Waals surface area contributed by atoms with Gasteiger partial charge in [-0.3, -0.25) is 0 Å². The average molecular weight is 207 g/mol. The van der Waals surface area contributed by atoms with Crippen molar-refractivity contribution in [2.24, 2.45) is 5.92 Å².